The molecule has 0 amide bonds. The molecule has 0 radical (unpaired) electrons. The maximum atomic E-state index is 11.7. The van der Waals surface area contributed by atoms with E-state index in [-0.39, 0.29) is 29.2 Å². The lowest BCUT2D eigenvalue weighted by atomic mass is 9.99. The van der Waals surface area contributed by atoms with Gasteiger partial charge in [0, 0.05) is 0 Å². The normalized spacial score (nSPS) is 25.6. The zero-order chi connectivity index (χ0) is 22.5. The third-order valence-corrected chi connectivity index (χ3v) is 4.83. The molecule has 5 unspecified atom stereocenters. The first kappa shape index (κ1) is 22.7. The van der Waals surface area contributed by atoms with E-state index >= 15 is 0 Å². The number of carboxylic acids is 1. The van der Waals surface area contributed by atoms with Gasteiger partial charge in [-0.2, -0.15) is 0 Å². The van der Waals surface area contributed by atoms with Crippen LogP contribution in [0.25, 0.3) is 0 Å². The molecule has 31 heavy (non-hydrogen) atoms. The molecule has 10 nitrogen and oxygen atoms in total. The molecule has 3 rings (SSSR count). The van der Waals surface area contributed by atoms with E-state index in [1.54, 1.807) is 12.1 Å². The predicted molar refractivity (Wildman–Crippen MR) is 104 cm³/mol. The molecule has 166 valence electrons. The fourth-order valence-corrected chi connectivity index (χ4v) is 3.06. The number of rotatable bonds is 8. The van der Waals surface area contributed by atoms with Gasteiger partial charge in [-0.05, 0) is 29.8 Å². The standard InChI is InChI=1S/C21H22O10/c22-8-13-14(29-10-11-4-6-12(7-5-11)20(27)28)2-1-3-15(13)30-21-19(26)18(25)17(24)16(9-23)31-21/h1-8,16-19,21,23-26H,9-10H2,(H,27,28). The van der Waals surface area contributed by atoms with Gasteiger partial charge in [0.05, 0.1) is 17.7 Å². The first-order valence-corrected chi connectivity index (χ1v) is 9.36. The largest absolute Gasteiger partial charge is 0.488 e. The highest BCUT2D eigenvalue weighted by molar-refractivity contribution is 5.87. The number of carboxylic acid groups (broad SMARTS) is 1. The minimum absolute atomic E-state index is 0.00180. The maximum absolute atomic E-state index is 11.7. The summed E-state index contributed by atoms with van der Waals surface area (Å²) < 4.78 is 16.5. The summed E-state index contributed by atoms with van der Waals surface area (Å²) in [5.41, 5.74) is 0.816. The van der Waals surface area contributed by atoms with Crippen molar-refractivity contribution in [2.24, 2.45) is 0 Å². The van der Waals surface area contributed by atoms with Crippen LogP contribution in [0.1, 0.15) is 26.3 Å². The molecule has 5 atom stereocenters. The summed E-state index contributed by atoms with van der Waals surface area (Å²) in [6, 6.07) is 10.5. The van der Waals surface area contributed by atoms with Gasteiger partial charge < -0.3 is 39.7 Å². The van der Waals surface area contributed by atoms with Gasteiger partial charge in [0.1, 0.15) is 42.5 Å². The second kappa shape index (κ2) is 9.86. The third-order valence-electron chi connectivity index (χ3n) is 4.83. The number of benzene rings is 2. The van der Waals surface area contributed by atoms with Gasteiger partial charge in [-0.1, -0.05) is 18.2 Å². The second-order valence-electron chi connectivity index (χ2n) is 6.89. The van der Waals surface area contributed by atoms with Crippen molar-refractivity contribution in [2.45, 2.75) is 37.3 Å². The Morgan fingerprint density at radius 3 is 2.29 bits per heavy atom. The minimum Gasteiger partial charge on any atom is -0.488 e. The van der Waals surface area contributed by atoms with E-state index in [2.05, 4.69) is 0 Å². The summed E-state index contributed by atoms with van der Waals surface area (Å²) in [5, 5.41) is 48.1. The lowest BCUT2D eigenvalue weighted by Crippen LogP contribution is -2.60. The SMILES string of the molecule is O=Cc1c(OCc2ccc(C(=O)O)cc2)cccc1OC1OC(CO)C(O)C(O)C1O. The van der Waals surface area contributed by atoms with E-state index < -0.39 is 43.3 Å². The van der Waals surface area contributed by atoms with Gasteiger partial charge in [0.15, 0.2) is 6.29 Å². The van der Waals surface area contributed by atoms with E-state index in [9.17, 15) is 30.0 Å². The van der Waals surface area contributed by atoms with Crippen molar-refractivity contribution in [3.8, 4) is 11.5 Å². The summed E-state index contributed by atoms with van der Waals surface area (Å²) in [6.07, 6.45) is -6.90. The van der Waals surface area contributed by atoms with Crippen LogP contribution in [0.4, 0.5) is 0 Å². The van der Waals surface area contributed by atoms with E-state index in [0.29, 0.717) is 11.8 Å². The summed E-state index contributed by atoms with van der Waals surface area (Å²) in [5.74, 6) is -0.883. The Hall–Kier alpha value is -3.02. The Bertz CT molecular complexity index is 911. The molecule has 1 aliphatic heterocycles. The van der Waals surface area contributed by atoms with Crippen molar-refractivity contribution in [2.75, 3.05) is 6.61 Å². The molecule has 0 aliphatic carbocycles. The molecule has 1 fully saturated rings. The van der Waals surface area contributed by atoms with Crippen LogP contribution >= 0.6 is 0 Å². The van der Waals surface area contributed by atoms with Gasteiger partial charge in [-0.3, -0.25) is 4.79 Å². The Balaban J connectivity index is 1.75. The van der Waals surface area contributed by atoms with Crippen LogP contribution in [-0.2, 0) is 11.3 Å². The highest BCUT2D eigenvalue weighted by Crippen LogP contribution is 2.31. The molecular weight excluding hydrogens is 412 g/mol. The van der Waals surface area contributed by atoms with Gasteiger partial charge in [-0.25, -0.2) is 4.79 Å². The Morgan fingerprint density at radius 1 is 1.00 bits per heavy atom. The average Bonchev–Trinajstić information content (AvgIpc) is 2.78. The molecule has 0 saturated carbocycles. The summed E-state index contributed by atoms with van der Waals surface area (Å²) in [7, 11) is 0. The van der Waals surface area contributed by atoms with Crippen molar-refractivity contribution in [1.29, 1.82) is 0 Å². The van der Waals surface area contributed by atoms with Crippen molar-refractivity contribution < 1.29 is 49.3 Å². The summed E-state index contributed by atoms with van der Waals surface area (Å²) in [4.78, 5) is 22.6. The van der Waals surface area contributed by atoms with Crippen molar-refractivity contribution in [3.63, 3.8) is 0 Å². The van der Waals surface area contributed by atoms with Crippen molar-refractivity contribution in [3.05, 3.63) is 59.2 Å². The summed E-state index contributed by atoms with van der Waals surface area (Å²) in [6.45, 7) is -0.570. The smallest absolute Gasteiger partial charge is 0.335 e. The third kappa shape index (κ3) is 5.01. The average molecular weight is 434 g/mol. The first-order chi connectivity index (χ1) is 14.8. The van der Waals surface area contributed by atoms with Crippen molar-refractivity contribution >= 4 is 12.3 Å². The lowest BCUT2D eigenvalue weighted by molar-refractivity contribution is -0.277. The topological polar surface area (TPSA) is 163 Å². The highest BCUT2D eigenvalue weighted by Gasteiger charge is 2.44. The number of ether oxygens (including phenoxy) is 3. The molecular formula is C21H22O10. The molecule has 0 spiro atoms. The van der Waals surface area contributed by atoms with Crippen LogP contribution in [0.5, 0.6) is 11.5 Å². The summed E-state index contributed by atoms with van der Waals surface area (Å²) >= 11 is 0. The second-order valence-corrected chi connectivity index (χ2v) is 6.89. The fraction of sp³-hybridized carbons (Fsp3) is 0.333. The molecule has 10 heteroatoms. The number of aliphatic hydroxyl groups is 4. The number of carbonyl (C=O) groups excluding carboxylic acids is 1. The molecule has 1 aliphatic rings. The van der Waals surface area contributed by atoms with E-state index in [4.69, 9.17) is 19.3 Å². The number of aliphatic hydroxyl groups excluding tert-OH is 4. The number of hydrogen-bond donors (Lipinski definition) is 5. The Morgan fingerprint density at radius 2 is 1.68 bits per heavy atom. The van der Waals surface area contributed by atoms with Crippen LogP contribution in [0.3, 0.4) is 0 Å². The number of carbonyl (C=O) groups is 2. The molecule has 2 aromatic rings. The van der Waals surface area contributed by atoms with Crippen molar-refractivity contribution in [1.82, 2.24) is 0 Å². The molecule has 1 heterocycles. The van der Waals surface area contributed by atoms with Crippen LogP contribution in [-0.4, -0.2) is 75.1 Å². The monoisotopic (exact) mass is 434 g/mol. The molecule has 5 N–H and O–H groups in total. The number of hydrogen-bond acceptors (Lipinski definition) is 9. The van der Waals surface area contributed by atoms with Crippen LogP contribution in [0.2, 0.25) is 0 Å². The van der Waals surface area contributed by atoms with Gasteiger partial charge in [0.2, 0.25) is 6.29 Å². The van der Waals surface area contributed by atoms with Crippen LogP contribution < -0.4 is 9.47 Å². The molecule has 2 aromatic carbocycles. The van der Waals surface area contributed by atoms with E-state index in [1.807, 2.05) is 0 Å². The Kier molecular flexibility index (Phi) is 7.21. The van der Waals surface area contributed by atoms with Gasteiger partial charge in [0.25, 0.3) is 0 Å². The zero-order valence-corrected chi connectivity index (χ0v) is 16.2. The van der Waals surface area contributed by atoms with Gasteiger partial charge >= 0.3 is 5.97 Å². The maximum Gasteiger partial charge on any atom is 0.335 e. The highest BCUT2D eigenvalue weighted by atomic mass is 16.7. The Labute approximate surface area is 176 Å². The zero-order valence-electron chi connectivity index (χ0n) is 16.2. The predicted octanol–water partition coefficient (Wildman–Crippen LogP) is -0.0450. The van der Waals surface area contributed by atoms with E-state index in [0.717, 1.165) is 0 Å². The minimum atomic E-state index is -1.63. The van der Waals surface area contributed by atoms with Crippen LogP contribution in [0, 0.1) is 0 Å². The number of aldehydes is 1. The molecule has 0 aromatic heterocycles. The molecule has 1 saturated heterocycles. The van der Waals surface area contributed by atoms with Gasteiger partial charge in [-0.15, -0.1) is 0 Å². The fourth-order valence-electron chi connectivity index (χ4n) is 3.06. The lowest BCUT2D eigenvalue weighted by Gasteiger charge is -2.39. The quantitative estimate of drug-likeness (QED) is 0.356. The van der Waals surface area contributed by atoms with Crippen LogP contribution in [0.15, 0.2) is 42.5 Å². The number of aromatic carboxylic acids is 1. The molecule has 0 bridgehead atoms. The van der Waals surface area contributed by atoms with E-state index in [1.165, 1.54) is 30.3 Å². The first-order valence-electron chi connectivity index (χ1n) is 9.36.